The van der Waals surface area contributed by atoms with Crippen LogP contribution in [0.5, 0.6) is 11.5 Å². The smallest absolute Gasteiger partial charge is 0.322 e. The van der Waals surface area contributed by atoms with Crippen LogP contribution in [-0.4, -0.2) is 62.3 Å². The van der Waals surface area contributed by atoms with E-state index in [1.165, 1.54) is 0 Å². The summed E-state index contributed by atoms with van der Waals surface area (Å²) in [6.07, 6.45) is 0. The maximum Gasteiger partial charge on any atom is 0.322 e. The number of ether oxygens (including phenoxy) is 2. The predicted octanol–water partition coefficient (Wildman–Crippen LogP) is 0.207. The molecule has 21 heavy (non-hydrogen) atoms. The summed E-state index contributed by atoms with van der Waals surface area (Å²) in [4.78, 5) is 23.5. The minimum absolute atomic E-state index is 0.114. The van der Waals surface area contributed by atoms with Gasteiger partial charge in [-0.05, 0) is 19.2 Å². The molecule has 0 heterocycles. The highest BCUT2D eigenvalue weighted by Crippen LogP contribution is 2.25. The van der Waals surface area contributed by atoms with Gasteiger partial charge in [0.05, 0.1) is 13.7 Å². The highest BCUT2D eigenvalue weighted by molar-refractivity contribution is 5.82. The Hall–Kier alpha value is -2.28. The summed E-state index contributed by atoms with van der Waals surface area (Å²) in [6, 6.07) is 7.31. The van der Waals surface area contributed by atoms with E-state index >= 15 is 0 Å². The van der Waals surface area contributed by atoms with Crippen LogP contribution in [0.4, 0.5) is 0 Å². The van der Waals surface area contributed by atoms with Crippen LogP contribution < -0.4 is 14.8 Å². The van der Waals surface area contributed by atoms with Crippen LogP contribution in [0.3, 0.4) is 0 Å². The van der Waals surface area contributed by atoms with Gasteiger partial charge in [-0.1, -0.05) is 12.1 Å². The number of nitrogens with one attached hydrogen (secondary N) is 1. The number of hydrogen-bond acceptors (Lipinski definition) is 5. The highest BCUT2D eigenvalue weighted by atomic mass is 16.5. The Balaban J connectivity index is 2.28. The number of aliphatic carboxylic acids is 1. The zero-order valence-electron chi connectivity index (χ0n) is 12.2. The molecule has 7 nitrogen and oxygen atoms in total. The molecule has 2 N–H and O–H groups in total. The van der Waals surface area contributed by atoms with Crippen molar-refractivity contribution in [3.63, 3.8) is 0 Å². The quantitative estimate of drug-likeness (QED) is 0.677. The summed E-state index contributed by atoms with van der Waals surface area (Å²) in [5, 5.41) is 10.8. The number of para-hydroxylation sites is 2. The first-order chi connectivity index (χ1) is 10.0. The molecule has 0 saturated carbocycles. The molecule has 0 bridgehead atoms. The normalized spacial score (nSPS) is 10.2. The van der Waals surface area contributed by atoms with Crippen molar-refractivity contribution in [3.05, 3.63) is 24.3 Å². The molecule has 116 valence electrons. The van der Waals surface area contributed by atoms with Gasteiger partial charge in [-0.2, -0.15) is 0 Å². The number of methoxy groups -OCH3 is 1. The first-order valence-electron chi connectivity index (χ1n) is 6.45. The van der Waals surface area contributed by atoms with Gasteiger partial charge in [0.25, 0.3) is 0 Å². The summed E-state index contributed by atoms with van der Waals surface area (Å²) >= 11 is 0. The van der Waals surface area contributed by atoms with Crippen LogP contribution in [0, 0.1) is 0 Å². The Labute approximate surface area is 123 Å². The minimum Gasteiger partial charge on any atom is -0.493 e. The number of likely N-dealkylation sites (N-methyl/N-ethyl adjacent to an activating group) is 1. The molecule has 0 aliphatic carbocycles. The van der Waals surface area contributed by atoms with Crippen molar-refractivity contribution < 1.29 is 24.2 Å². The monoisotopic (exact) mass is 296 g/mol. The molecule has 0 spiro atoms. The lowest BCUT2D eigenvalue weighted by molar-refractivity contribution is -0.138. The number of carbonyl (C=O) groups excluding carboxylic acids is 1. The van der Waals surface area contributed by atoms with E-state index in [0.29, 0.717) is 24.7 Å². The maximum atomic E-state index is 11.4. The molecule has 1 rings (SSSR count). The zero-order chi connectivity index (χ0) is 15.7. The van der Waals surface area contributed by atoms with Gasteiger partial charge in [0, 0.05) is 6.54 Å². The molecular weight excluding hydrogens is 276 g/mol. The second kappa shape index (κ2) is 8.80. The van der Waals surface area contributed by atoms with Crippen molar-refractivity contribution in [1.82, 2.24) is 10.2 Å². The van der Waals surface area contributed by atoms with Gasteiger partial charge in [-0.3, -0.25) is 14.5 Å². The van der Waals surface area contributed by atoms with Crippen LogP contribution in [0.1, 0.15) is 0 Å². The van der Waals surface area contributed by atoms with E-state index in [2.05, 4.69) is 5.32 Å². The standard InChI is InChI=1S/C14H20N2O5/c1-16(10-13(17)15-9-14(18)19)7-8-21-12-6-4-3-5-11(12)20-2/h3-6H,7-10H2,1-2H3,(H,15,17)(H,18,19). The summed E-state index contributed by atoms with van der Waals surface area (Å²) in [5.74, 6) is -0.106. The molecule has 1 aromatic carbocycles. The summed E-state index contributed by atoms with van der Waals surface area (Å²) in [6.45, 7) is 0.661. The van der Waals surface area contributed by atoms with Gasteiger partial charge >= 0.3 is 5.97 Å². The van der Waals surface area contributed by atoms with Crippen molar-refractivity contribution in [2.75, 3.05) is 40.4 Å². The lowest BCUT2D eigenvalue weighted by Crippen LogP contribution is -2.38. The zero-order valence-corrected chi connectivity index (χ0v) is 12.2. The van der Waals surface area contributed by atoms with Crippen molar-refractivity contribution in [1.29, 1.82) is 0 Å². The van der Waals surface area contributed by atoms with Crippen molar-refractivity contribution in [2.24, 2.45) is 0 Å². The minimum atomic E-state index is -1.06. The Kier molecular flexibility index (Phi) is 7.03. The second-order valence-corrected chi connectivity index (χ2v) is 4.41. The van der Waals surface area contributed by atoms with Crippen LogP contribution >= 0.6 is 0 Å². The number of carbonyl (C=O) groups is 2. The van der Waals surface area contributed by atoms with Crippen LogP contribution in [0.2, 0.25) is 0 Å². The Morgan fingerprint density at radius 2 is 1.95 bits per heavy atom. The first kappa shape index (κ1) is 16.8. The van der Waals surface area contributed by atoms with Gasteiger partial charge in [-0.25, -0.2) is 0 Å². The van der Waals surface area contributed by atoms with Crippen molar-refractivity contribution in [3.8, 4) is 11.5 Å². The SMILES string of the molecule is COc1ccccc1OCCN(C)CC(=O)NCC(=O)O. The summed E-state index contributed by atoms with van der Waals surface area (Å²) in [7, 11) is 3.33. The van der Waals surface area contributed by atoms with E-state index < -0.39 is 5.97 Å². The molecular formula is C14H20N2O5. The maximum absolute atomic E-state index is 11.4. The fourth-order valence-electron chi connectivity index (χ4n) is 1.60. The number of nitrogens with zero attached hydrogens (tertiary/aromatic N) is 1. The largest absolute Gasteiger partial charge is 0.493 e. The third-order valence-corrected chi connectivity index (χ3v) is 2.65. The van der Waals surface area contributed by atoms with Gasteiger partial charge in [0.15, 0.2) is 11.5 Å². The highest BCUT2D eigenvalue weighted by Gasteiger charge is 2.08. The van der Waals surface area contributed by atoms with E-state index in [1.807, 2.05) is 12.1 Å². The van der Waals surface area contributed by atoms with Gasteiger partial charge in [-0.15, -0.1) is 0 Å². The molecule has 0 aromatic heterocycles. The Morgan fingerprint density at radius 1 is 1.29 bits per heavy atom. The number of benzene rings is 1. The molecule has 0 aliphatic heterocycles. The molecule has 7 heteroatoms. The summed E-state index contributed by atoms with van der Waals surface area (Å²) in [5.41, 5.74) is 0. The molecule has 0 fully saturated rings. The molecule has 1 aromatic rings. The predicted molar refractivity (Wildman–Crippen MR) is 76.6 cm³/mol. The average Bonchev–Trinajstić information content (AvgIpc) is 2.45. The third-order valence-electron chi connectivity index (χ3n) is 2.65. The second-order valence-electron chi connectivity index (χ2n) is 4.41. The topological polar surface area (TPSA) is 88.1 Å². The van der Waals surface area contributed by atoms with Crippen LogP contribution in [-0.2, 0) is 9.59 Å². The molecule has 1 amide bonds. The lowest BCUT2D eigenvalue weighted by atomic mass is 10.3. The third kappa shape index (κ3) is 6.62. The average molecular weight is 296 g/mol. The number of carboxylic acids is 1. The summed E-state index contributed by atoms with van der Waals surface area (Å²) < 4.78 is 10.7. The van der Waals surface area contributed by atoms with E-state index in [1.54, 1.807) is 31.2 Å². The fraction of sp³-hybridized carbons (Fsp3) is 0.429. The van der Waals surface area contributed by atoms with E-state index in [9.17, 15) is 9.59 Å². The lowest BCUT2D eigenvalue weighted by Gasteiger charge is -2.17. The van der Waals surface area contributed by atoms with Gasteiger partial charge in [0.1, 0.15) is 13.2 Å². The van der Waals surface area contributed by atoms with E-state index in [-0.39, 0.29) is 19.0 Å². The Bertz CT molecular complexity index is 478. The molecule has 0 saturated heterocycles. The van der Waals surface area contributed by atoms with Crippen LogP contribution in [0.15, 0.2) is 24.3 Å². The number of rotatable bonds is 9. The number of amides is 1. The molecule has 0 radical (unpaired) electrons. The van der Waals surface area contributed by atoms with Gasteiger partial charge < -0.3 is 19.9 Å². The van der Waals surface area contributed by atoms with Crippen molar-refractivity contribution in [2.45, 2.75) is 0 Å². The molecule has 0 unspecified atom stereocenters. The van der Waals surface area contributed by atoms with Crippen molar-refractivity contribution >= 4 is 11.9 Å². The first-order valence-corrected chi connectivity index (χ1v) is 6.45. The number of hydrogen-bond donors (Lipinski definition) is 2. The molecule has 0 atom stereocenters. The van der Waals surface area contributed by atoms with Gasteiger partial charge in [0.2, 0.25) is 5.91 Å². The van der Waals surface area contributed by atoms with E-state index in [4.69, 9.17) is 14.6 Å². The fourth-order valence-corrected chi connectivity index (χ4v) is 1.60. The Morgan fingerprint density at radius 3 is 2.57 bits per heavy atom. The van der Waals surface area contributed by atoms with Crippen LogP contribution in [0.25, 0.3) is 0 Å². The molecule has 0 aliphatic rings. The number of carboxylic acid groups (broad SMARTS) is 1. The van der Waals surface area contributed by atoms with E-state index in [0.717, 1.165) is 0 Å².